The van der Waals surface area contributed by atoms with Gasteiger partial charge in [-0.05, 0) is 20.9 Å². The Bertz CT molecular complexity index is 205. The maximum absolute atomic E-state index is 5.91. The van der Waals surface area contributed by atoms with Gasteiger partial charge in [0.15, 0.2) is 0 Å². The molecule has 1 aliphatic heterocycles. The molecule has 0 aromatic heterocycles. The fourth-order valence-electron chi connectivity index (χ4n) is 2.39. The van der Waals surface area contributed by atoms with Gasteiger partial charge in [-0.1, -0.05) is 0 Å². The van der Waals surface area contributed by atoms with E-state index in [9.17, 15) is 0 Å². The fourth-order valence-corrected chi connectivity index (χ4v) is 2.39. The van der Waals surface area contributed by atoms with Crippen LogP contribution in [0.1, 0.15) is 13.8 Å². The van der Waals surface area contributed by atoms with Crippen LogP contribution in [0.25, 0.3) is 0 Å². The van der Waals surface area contributed by atoms with Crippen molar-refractivity contribution in [3.63, 3.8) is 0 Å². The molecule has 5 nitrogen and oxygen atoms in total. The second-order valence-corrected chi connectivity index (χ2v) is 4.80. The molecule has 0 spiro atoms. The smallest absolute Gasteiger partial charge is 0.100 e. The summed E-state index contributed by atoms with van der Waals surface area (Å²) in [4.78, 5) is 2.30. The van der Waals surface area contributed by atoms with Crippen molar-refractivity contribution in [1.29, 1.82) is 0 Å². The second-order valence-electron chi connectivity index (χ2n) is 4.80. The number of hydrogen-bond acceptors (Lipinski definition) is 5. The van der Waals surface area contributed by atoms with E-state index in [1.807, 2.05) is 0 Å². The number of rotatable bonds is 8. The Morgan fingerprint density at radius 2 is 1.17 bits per heavy atom. The van der Waals surface area contributed by atoms with Gasteiger partial charge in [-0.2, -0.15) is 0 Å². The van der Waals surface area contributed by atoms with Crippen LogP contribution in [0.15, 0.2) is 0 Å². The highest BCUT2D eigenvalue weighted by atomic mass is 16.6. The van der Waals surface area contributed by atoms with E-state index in [4.69, 9.17) is 18.9 Å². The van der Waals surface area contributed by atoms with Crippen LogP contribution in [0, 0.1) is 0 Å². The van der Waals surface area contributed by atoms with Gasteiger partial charge in [0.1, 0.15) is 12.2 Å². The highest BCUT2D eigenvalue weighted by Gasteiger charge is 2.44. The molecule has 1 saturated heterocycles. The molecule has 18 heavy (non-hydrogen) atoms. The van der Waals surface area contributed by atoms with E-state index < -0.39 is 0 Å². The number of likely N-dealkylation sites (N-methyl/N-ethyl adjacent to an activating group) is 1. The molecule has 0 aromatic rings. The van der Waals surface area contributed by atoms with E-state index in [0.717, 1.165) is 0 Å². The zero-order valence-electron chi connectivity index (χ0n) is 12.2. The van der Waals surface area contributed by atoms with Crippen molar-refractivity contribution in [2.75, 3.05) is 47.7 Å². The maximum Gasteiger partial charge on any atom is 0.100 e. The number of likely N-dealkylation sites (tertiary alicyclic amines) is 1. The van der Waals surface area contributed by atoms with Crippen molar-refractivity contribution in [3.05, 3.63) is 0 Å². The monoisotopic (exact) mass is 261 g/mol. The molecule has 0 unspecified atom stereocenters. The number of nitrogens with zero attached hydrogens (tertiary/aromatic N) is 1. The summed E-state index contributed by atoms with van der Waals surface area (Å²) in [6.07, 6.45) is 0.189. The van der Waals surface area contributed by atoms with Crippen molar-refractivity contribution in [3.8, 4) is 0 Å². The molecule has 0 N–H and O–H groups in total. The second kappa shape index (κ2) is 8.07. The summed E-state index contributed by atoms with van der Waals surface area (Å²) in [7, 11) is 5.48. The van der Waals surface area contributed by atoms with Crippen LogP contribution in [0.5, 0.6) is 0 Å². The Kier molecular flexibility index (Phi) is 7.11. The zero-order chi connectivity index (χ0) is 13.5. The maximum atomic E-state index is 5.91. The predicted octanol–water partition coefficient (Wildman–Crippen LogP) is 0.772. The van der Waals surface area contributed by atoms with Gasteiger partial charge in [-0.25, -0.2) is 0 Å². The van der Waals surface area contributed by atoms with E-state index in [2.05, 4.69) is 25.8 Å². The molecule has 0 radical (unpaired) electrons. The lowest BCUT2D eigenvalue weighted by molar-refractivity contribution is -0.0805. The first kappa shape index (κ1) is 15.9. The molecule has 5 heteroatoms. The molecule has 0 amide bonds. The molecule has 1 aliphatic rings. The highest BCUT2D eigenvalue weighted by Crippen LogP contribution is 2.27. The Labute approximate surface area is 110 Å². The predicted molar refractivity (Wildman–Crippen MR) is 69.9 cm³/mol. The number of methoxy groups -OCH3 is 2. The van der Waals surface area contributed by atoms with Crippen molar-refractivity contribution in [2.24, 2.45) is 0 Å². The summed E-state index contributed by atoms with van der Waals surface area (Å²) in [5.74, 6) is 0. The highest BCUT2D eigenvalue weighted by molar-refractivity contribution is 4.97. The largest absolute Gasteiger partial charge is 0.382 e. The molecule has 0 aromatic carbocycles. The molecular weight excluding hydrogens is 234 g/mol. The third-order valence-electron chi connectivity index (χ3n) is 3.76. The van der Waals surface area contributed by atoms with Crippen LogP contribution >= 0.6 is 0 Å². The Morgan fingerprint density at radius 1 is 0.778 bits per heavy atom. The molecule has 108 valence electrons. The molecule has 0 saturated carbocycles. The summed E-state index contributed by atoms with van der Waals surface area (Å²) in [5.41, 5.74) is 0. The standard InChI is InChI=1S/C13H27NO4/c1-10-12(17-8-6-15-4)13(11(2)14(10)3)18-9-7-16-5/h10-13H,6-9H2,1-5H3/t10-,11-,12+,13+/m1/s1. The lowest BCUT2D eigenvalue weighted by Crippen LogP contribution is -2.37. The summed E-state index contributed by atoms with van der Waals surface area (Å²) < 4.78 is 21.9. The molecule has 1 rings (SSSR count). The van der Waals surface area contributed by atoms with Gasteiger partial charge >= 0.3 is 0 Å². The summed E-state index contributed by atoms with van der Waals surface area (Å²) >= 11 is 0. The first-order valence-corrected chi connectivity index (χ1v) is 6.56. The van der Waals surface area contributed by atoms with Gasteiger partial charge in [0, 0.05) is 26.3 Å². The fraction of sp³-hybridized carbons (Fsp3) is 1.00. The van der Waals surface area contributed by atoms with Crippen molar-refractivity contribution in [2.45, 2.75) is 38.1 Å². The average molecular weight is 261 g/mol. The SMILES string of the molecule is COCCO[C@@H]1[C@@H](OCCOC)[C@@H](C)N(C)[C@@H]1C. The van der Waals surface area contributed by atoms with Gasteiger partial charge in [-0.15, -0.1) is 0 Å². The first-order chi connectivity index (χ1) is 8.63. The molecule has 0 bridgehead atoms. The Morgan fingerprint density at radius 3 is 1.50 bits per heavy atom. The summed E-state index contributed by atoms with van der Waals surface area (Å²) in [5, 5.41) is 0. The molecule has 0 aliphatic carbocycles. The van der Waals surface area contributed by atoms with Crippen LogP contribution in [0.3, 0.4) is 0 Å². The van der Waals surface area contributed by atoms with Crippen molar-refractivity contribution in [1.82, 2.24) is 4.90 Å². The van der Waals surface area contributed by atoms with Crippen LogP contribution in [-0.4, -0.2) is 76.9 Å². The lowest BCUT2D eigenvalue weighted by atomic mass is 10.1. The molecule has 4 atom stereocenters. The Hall–Kier alpha value is -0.200. The van der Waals surface area contributed by atoms with E-state index in [-0.39, 0.29) is 12.2 Å². The van der Waals surface area contributed by atoms with Crippen molar-refractivity contribution < 1.29 is 18.9 Å². The van der Waals surface area contributed by atoms with E-state index in [0.29, 0.717) is 38.5 Å². The van der Waals surface area contributed by atoms with Gasteiger partial charge in [0.25, 0.3) is 0 Å². The summed E-state index contributed by atoms with van der Waals surface area (Å²) in [6.45, 7) is 6.80. The average Bonchev–Trinajstić information content (AvgIpc) is 2.56. The zero-order valence-corrected chi connectivity index (χ0v) is 12.2. The third kappa shape index (κ3) is 3.90. The molecule has 1 fully saturated rings. The minimum atomic E-state index is 0.0945. The lowest BCUT2D eigenvalue weighted by Gasteiger charge is -2.24. The quantitative estimate of drug-likeness (QED) is 0.604. The van der Waals surface area contributed by atoms with E-state index in [1.54, 1.807) is 14.2 Å². The summed E-state index contributed by atoms with van der Waals surface area (Å²) in [6, 6.07) is 0.703. The van der Waals surface area contributed by atoms with Gasteiger partial charge in [-0.3, -0.25) is 4.90 Å². The molecular formula is C13H27NO4. The first-order valence-electron chi connectivity index (χ1n) is 6.56. The van der Waals surface area contributed by atoms with Crippen LogP contribution < -0.4 is 0 Å². The number of hydrogen-bond donors (Lipinski definition) is 0. The van der Waals surface area contributed by atoms with Gasteiger partial charge < -0.3 is 18.9 Å². The van der Waals surface area contributed by atoms with E-state index in [1.165, 1.54) is 0 Å². The topological polar surface area (TPSA) is 40.2 Å². The minimum absolute atomic E-state index is 0.0945. The van der Waals surface area contributed by atoms with Crippen LogP contribution in [0.2, 0.25) is 0 Å². The Balaban J connectivity index is 2.51. The van der Waals surface area contributed by atoms with Gasteiger partial charge in [0.05, 0.1) is 26.4 Å². The van der Waals surface area contributed by atoms with Gasteiger partial charge in [0.2, 0.25) is 0 Å². The van der Waals surface area contributed by atoms with Crippen molar-refractivity contribution >= 4 is 0 Å². The minimum Gasteiger partial charge on any atom is -0.382 e. The van der Waals surface area contributed by atoms with Crippen LogP contribution in [-0.2, 0) is 18.9 Å². The normalized spacial score (nSPS) is 33.2. The third-order valence-corrected chi connectivity index (χ3v) is 3.76. The number of ether oxygens (including phenoxy) is 4. The van der Waals surface area contributed by atoms with E-state index >= 15 is 0 Å². The van der Waals surface area contributed by atoms with Crippen LogP contribution in [0.4, 0.5) is 0 Å². The molecule has 1 heterocycles.